The minimum atomic E-state index is -0.452. The number of benzene rings is 1. The summed E-state index contributed by atoms with van der Waals surface area (Å²) in [5.41, 5.74) is 0.0268. The molecule has 0 aliphatic carbocycles. The van der Waals surface area contributed by atoms with Crippen molar-refractivity contribution in [2.75, 3.05) is 33.8 Å². The molecule has 7 nitrogen and oxygen atoms in total. The fourth-order valence-corrected chi connectivity index (χ4v) is 1.64. The predicted molar refractivity (Wildman–Crippen MR) is 92.4 cm³/mol. The van der Waals surface area contributed by atoms with Crippen LogP contribution in [0.2, 0.25) is 0 Å². The summed E-state index contributed by atoms with van der Waals surface area (Å²) in [6.07, 6.45) is -0.452. The molecule has 1 aromatic rings. The molecule has 7 heteroatoms. The molecule has 134 valence electrons. The summed E-state index contributed by atoms with van der Waals surface area (Å²) in [4.78, 5) is 24.4. The van der Waals surface area contributed by atoms with Crippen LogP contribution in [0.1, 0.15) is 20.8 Å². The van der Waals surface area contributed by atoms with E-state index in [0.717, 1.165) is 0 Å². The van der Waals surface area contributed by atoms with Gasteiger partial charge in [0, 0.05) is 32.7 Å². The van der Waals surface area contributed by atoms with Gasteiger partial charge in [-0.15, -0.1) is 0 Å². The van der Waals surface area contributed by atoms with E-state index >= 15 is 0 Å². The second-order valence-electron chi connectivity index (χ2n) is 6.55. The Balaban J connectivity index is 2.29. The number of nitrogens with one attached hydrogen (secondary N) is 2. The van der Waals surface area contributed by atoms with Gasteiger partial charge in [0.1, 0.15) is 11.5 Å². The summed E-state index contributed by atoms with van der Waals surface area (Å²) < 4.78 is 10.5. The second kappa shape index (κ2) is 9.12. The van der Waals surface area contributed by atoms with Crippen LogP contribution in [0.4, 0.5) is 4.79 Å². The lowest BCUT2D eigenvalue weighted by Crippen LogP contribution is -2.42. The third kappa shape index (κ3) is 8.38. The van der Waals surface area contributed by atoms with Crippen LogP contribution in [0, 0.1) is 0 Å². The number of carbonyl (C=O) groups excluding carboxylic acids is 2. The molecule has 0 spiro atoms. The summed E-state index contributed by atoms with van der Waals surface area (Å²) in [5, 5.41) is 6.05. The second-order valence-corrected chi connectivity index (χ2v) is 6.55. The summed E-state index contributed by atoms with van der Waals surface area (Å²) >= 11 is 0. The van der Waals surface area contributed by atoms with Gasteiger partial charge in [0.15, 0.2) is 6.61 Å². The molecule has 0 aromatic heterocycles. The third-order valence-corrected chi connectivity index (χ3v) is 2.87. The molecule has 0 unspecified atom stereocenters. The van der Waals surface area contributed by atoms with Crippen LogP contribution in [-0.4, -0.2) is 56.2 Å². The molecule has 0 atom stereocenters. The number of amides is 2. The first-order chi connectivity index (χ1) is 11.2. The maximum Gasteiger partial charge on any atom is 0.414 e. The molecular formula is C17H27N3O4. The van der Waals surface area contributed by atoms with Gasteiger partial charge >= 0.3 is 6.09 Å². The van der Waals surface area contributed by atoms with E-state index in [4.69, 9.17) is 9.47 Å². The Morgan fingerprint density at radius 1 is 1.04 bits per heavy atom. The summed E-state index contributed by atoms with van der Waals surface area (Å²) in [6.45, 7) is 7.37. The summed E-state index contributed by atoms with van der Waals surface area (Å²) in [7, 11) is 3.21. The minimum absolute atomic E-state index is 0.0268. The highest BCUT2D eigenvalue weighted by atomic mass is 16.6. The number of carbonyl (C=O) groups is 2. The van der Waals surface area contributed by atoms with Crippen LogP contribution in [0.5, 0.6) is 11.5 Å². The minimum Gasteiger partial charge on any atom is -0.484 e. The number of hydrogen-bond acceptors (Lipinski definition) is 5. The highest BCUT2D eigenvalue weighted by Crippen LogP contribution is 2.17. The number of ether oxygens (including phenoxy) is 2. The van der Waals surface area contributed by atoms with Crippen molar-refractivity contribution in [2.24, 2.45) is 0 Å². The molecule has 0 radical (unpaired) electrons. The average Bonchev–Trinajstić information content (AvgIpc) is 2.50. The van der Waals surface area contributed by atoms with Crippen molar-refractivity contribution in [1.82, 2.24) is 15.5 Å². The topological polar surface area (TPSA) is 79.9 Å². The van der Waals surface area contributed by atoms with E-state index in [2.05, 4.69) is 31.4 Å². The first-order valence-corrected chi connectivity index (χ1v) is 7.81. The Bertz CT molecular complexity index is 536. The molecule has 0 aliphatic heterocycles. The molecule has 0 aliphatic rings. The molecule has 24 heavy (non-hydrogen) atoms. The third-order valence-electron chi connectivity index (χ3n) is 2.87. The summed E-state index contributed by atoms with van der Waals surface area (Å²) in [5.74, 6) is 0.759. The first kappa shape index (κ1) is 19.8. The van der Waals surface area contributed by atoms with Crippen molar-refractivity contribution in [3.8, 4) is 11.5 Å². The van der Waals surface area contributed by atoms with Crippen molar-refractivity contribution in [2.45, 2.75) is 26.3 Å². The Morgan fingerprint density at radius 3 is 2.17 bits per heavy atom. The Morgan fingerprint density at radius 2 is 1.62 bits per heavy atom. The van der Waals surface area contributed by atoms with Gasteiger partial charge in [-0.1, -0.05) is 0 Å². The van der Waals surface area contributed by atoms with Crippen LogP contribution < -0.4 is 20.1 Å². The molecule has 0 fully saturated rings. The van der Waals surface area contributed by atoms with Crippen molar-refractivity contribution in [3.63, 3.8) is 0 Å². The number of hydrogen-bond donors (Lipinski definition) is 2. The molecule has 2 amide bonds. The van der Waals surface area contributed by atoms with E-state index in [9.17, 15) is 9.59 Å². The molecule has 0 saturated heterocycles. The highest BCUT2D eigenvalue weighted by Gasteiger charge is 2.09. The Kier molecular flexibility index (Phi) is 7.51. The fourth-order valence-electron chi connectivity index (χ4n) is 1.64. The van der Waals surface area contributed by atoms with Gasteiger partial charge in [-0.05, 0) is 45.0 Å². The SMILES string of the molecule is CN(C)C(=O)Oc1ccc(OCC(=O)NCCNC(C)(C)C)cc1. The zero-order chi connectivity index (χ0) is 18.2. The lowest BCUT2D eigenvalue weighted by atomic mass is 10.1. The Labute approximate surface area is 143 Å². The van der Waals surface area contributed by atoms with Crippen LogP contribution in [0.3, 0.4) is 0 Å². The highest BCUT2D eigenvalue weighted by molar-refractivity contribution is 5.77. The quantitative estimate of drug-likeness (QED) is 0.739. The first-order valence-electron chi connectivity index (χ1n) is 7.81. The lowest BCUT2D eigenvalue weighted by Gasteiger charge is -2.20. The molecule has 0 bridgehead atoms. The van der Waals surface area contributed by atoms with Gasteiger partial charge < -0.3 is 25.0 Å². The van der Waals surface area contributed by atoms with Crippen molar-refractivity contribution < 1.29 is 19.1 Å². The molecule has 1 aromatic carbocycles. The lowest BCUT2D eigenvalue weighted by molar-refractivity contribution is -0.123. The zero-order valence-corrected chi connectivity index (χ0v) is 15.0. The molecular weight excluding hydrogens is 310 g/mol. The molecule has 0 saturated carbocycles. The predicted octanol–water partition coefficient (Wildman–Crippen LogP) is 1.63. The van der Waals surface area contributed by atoms with Gasteiger partial charge in [-0.3, -0.25) is 4.79 Å². The van der Waals surface area contributed by atoms with Crippen LogP contribution >= 0.6 is 0 Å². The smallest absolute Gasteiger partial charge is 0.414 e. The fraction of sp³-hybridized carbons (Fsp3) is 0.529. The number of rotatable bonds is 7. The van der Waals surface area contributed by atoms with Crippen LogP contribution in [-0.2, 0) is 4.79 Å². The molecule has 2 N–H and O–H groups in total. The van der Waals surface area contributed by atoms with E-state index in [-0.39, 0.29) is 18.1 Å². The van der Waals surface area contributed by atoms with Gasteiger partial charge in [-0.2, -0.15) is 0 Å². The zero-order valence-electron chi connectivity index (χ0n) is 15.0. The van der Waals surface area contributed by atoms with E-state index in [1.165, 1.54) is 4.90 Å². The number of nitrogens with zero attached hydrogens (tertiary/aromatic N) is 1. The van der Waals surface area contributed by atoms with Crippen LogP contribution in [0.15, 0.2) is 24.3 Å². The maximum atomic E-state index is 11.7. The van der Waals surface area contributed by atoms with Gasteiger partial charge in [0.25, 0.3) is 5.91 Å². The van der Waals surface area contributed by atoms with E-state index in [1.807, 2.05) is 0 Å². The standard InChI is InChI=1S/C17H27N3O4/c1-17(2,3)19-11-10-18-15(21)12-23-13-6-8-14(9-7-13)24-16(22)20(4)5/h6-9,19H,10-12H2,1-5H3,(H,18,21). The Hall–Kier alpha value is -2.28. The summed E-state index contributed by atoms with van der Waals surface area (Å²) in [6, 6.07) is 6.52. The van der Waals surface area contributed by atoms with Crippen LogP contribution in [0.25, 0.3) is 0 Å². The van der Waals surface area contributed by atoms with Crippen molar-refractivity contribution in [3.05, 3.63) is 24.3 Å². The van der Waals surface area contributed by atoms with Crippen molar-refractivity contribution in [1.29, 1.82) is 0 Å². The van der Waals surface area contributed by atoms with E-state index in [0.29, 0.717) is 24.6 Å². The normalized spacial score (nSPS) is 10.9. The van der Waals surface area contributed by atoms with Gasteiger partial charge in [0.05, 0.1) is 0 Å². The molecule has 0 heterocycles. The average molecular weight is 337 g/mol. The van der Waals surface area contributed by atoms with Gasteiger partial charge in [-0.25, -0.2) is 4.79 Å². The monoisotopic (exact) mass is 337 g/mol. The largest absolute Gasteiger partial charge is 0.484 e. The van der Waals surface area contributed by atoms with Gasteiger partial charge in [0.2, 0.25) is 0 Å². The maximum absolute atomic E-state index is 11.7. The van der Waals surface area contributed by atoms with E-state index < -0.39 is 6.09 Å². The van der Waals surface area contributed by atoms with Crippen molar-refractivity contribution >= 4 is 12.0 Å². The van der Waals surface area contributed by atoms with E-state index in [1.54, 1.807) is 38.4 Å². The molecule has 1 rings (SSSR count).